The Labute approximate surface area is 159 Å². The normalized spacial score (nSPS) is 12.0. The SMILES string of the molecule is CCN(CC)S(=O)(=O)c1cccc(-c2nnc(SCc3csnn3)o2)c1. The largest absolute Gasteiger partial charge is 0.411 e. The Morgan fingerprint density at radius 2 is 2.00 bits per heavy atom. The van der Waals surface area contributed by atoms with Crippen molar-refractivity contribution >= 4 is 33.3 Å². The first-order chi connectivity index (χ1) is 12.5. The highest BCUT2D eigenvalue weighted by molar-refractivity contribution is 7.98. The van der Waals surface area contributed by atoms with Crippen LogP contribution in [0.2, 0.25) is 0 Å². The molecule has 0 fully saturated rings. The lowest BCUT2D eigenvalue weighted by Crippen LogP contribution is -2.30. The molecule has 8 nitrogen and oxygen atoms in total. The third-order valence-corrected chi connectivity index (χ3v) is 7.03. The second kappa shape index (κ2) is 8.25. The van der Waals surface area contributed by atoms with Crippen molar-refractivity contribution in [2.45, 2.75) is 29.7 Å². The van der Waals surface area contributed by atoms with E-state index in [0.29, 0.717) is 29.6 Å². The fourth-order valence-corrected chi connectivity index (χ4v) is 4.98. The van der Waals surface area contributed by atoms with E-state index < -0.39 is 10.0 Å². The first-order valence-electron chi connectivity index (χ1n) is 7.87. The molecule has 0 bridgehead atoms. The predicted molar refractivity (Wildman–Crippen MR) is 99.3 cm³/mol. The van der Waals surface area contributed by atoms with E-state index in [-0.39, 0.29) is 10.8 Å². The zero-order chi connectivity index (χ0) is 18.6. The highest BCUT2D eigenvalue weighted by Gasteiger charge is 2.22. The van der Waals surface area contributed by atoms with Gasteiger partial charge < -0.3 is 4.42 Å². The Morgan fingerprint density at radius 1 is 1.19 bits per heavy atom. The van der Waals surface area contributed by atoms with Crippen molar-refractivity contribution < 1.29 is 12.8 Å². The van der Waals surface area contributed by atoms with Crippen molar-refractivity contribution in [2.75, 3.05) is 13.1 Å². The van der Waals surface area contributed by atoms with Gasteiger partial charge in [-0.1, -0.05) is 36.2 Å². The molecule has 0 amide bonds. The second-order valence-corrected chi connectivity index (χ2v) is 8.65. The van der Waals surface area contributed by atoms with Crippen molar-refractivity contribution in [1.29, 1.82) is 0 Å². The third kappa shape index (κ3) is 4.11. The van der Waals surface area contributed by atoms with E-state index in [1.807, 2.05) is 19.2 Å². The van der Waals surface area contributed by atoms with Crippen LogP contribution in [0.3, 0.4) is 0 Å². The number of hydrogen-bond acceptors (Lipinski definition) is 9. The molecule has 0 aliphatic carbocycles. The Kier molecular flexibility index (Phi) is 6.01. The van der Waals surface area contributed by atoms with Gasteiger partial charge in [-0.25, -0.2) is 8.42 Å². The van der Waals surface area contributed by atoms with Gasteiger partial charge in [0.05, 0.1) is 10.6 Å². The van der Waals surface area contributed by atoms with Crippen LogP contribution in [0.5, 0.6) is 0 Å². The lowest BCUT2D eigenvalue weighted by Gasteiger charge is -2.18. The van der Waals surface area contributed by atoms with Gasteiger partial charge in [0.25, 0.3) is 5.22 Å². The Bertz CT molecular complexity index is 953. The van der Waals surface area contributed by atoms with Crippen molar-refractivity contribution in [2.24, 2.45) is 0 Å². The van der Waals surface area contributed by atoms with Crippen LogP contribution in [0.1, 0.15) is 19.5 Å². The summed E-state index contributed by atoms with van der Waals surface area (Å²) >= 11 is 2.64. The van der Waals surface area contributed by atoms with Crippen LogP contribution in [-0.4, -0.2) is 45.6 Å². The molecule has 0 N–H and O–H groups in total. The van der Waals surface area contributed by atoms with Gasteiger partial charge in [-0.05, 0) is 29.7 Å². The van der Waals surface area contributed by atoms with E-state index in [2.05, 4.69) is 19.8 Å². The molecule has 0 aliphatic rings. The van der Waals surface area contributed by atoms with E-state index in [4.69, 9.17) is 4.42 Å². The van der Waals surface area contributed by atoms with E-state index in [0.717, 1.165) is 5.69 Å². The van der Waals surface area contributed by atoms with Gasteiger partial charge in [0.2, 0.25) is 15.9 Å². The molecule has 3 aromatic rings. The molecule has 0 aliphatic heterocycles. The fraction of sp³-hybridized carbons (Fsp3) is 0.333. The number of aromatic nitrogens is 4. The molecule has 3 rings (SSSR count). The molecule has 138 valence electrons. The average molecular weight is 412 g/mol. The quantitative estimate of drug-likeness (QED) is 0.521. The van der Waals surface area contributed by atoms with E-state index in [1.54, 1.807) is 24.3 Å². The average Bonchev–Trinajstić information content (AvgIpc) is 3.33. The predicted octanol–water partition coefficient (Wildman–Crippen LogP) is 2.91. The minimum Gasteiger partial charge on any atom is -0.411 e. The molecule has 0 saturated heterocycles. The molecule has 0 atom stereocenters. The van der Waals surface area contributed by atoms with Crippen molar-refractivity contribution in [3.8, 4) is 11.5 Å². The van der Waals surface area contributed by atoms with E-state index in [9.17, 15) is 8.42 Å². The van der Waals surface area contributed by atoms with Crippen molar-refractivity contribution in [3.05, 3.63) is 35.3 Å². The fourth-order valence-electron chi connectivity index (χ4n) is 2.27. The van der Waals surface area contributed by atoms with Crippen LogP contribution >= 0.6 is 23.3 Å². The summed E-state index contributed by atoms with van der Waals surface area (Å²) in [4.78, 5) is 0.208. The summed E-state index contributed by atoms with van der Waals surface area (Å²) in [5.41, 5.74) is 1.40. The minimum atomic E-state index is -3.54. The number of benzene rings is 1. The van der Waals surface area contributed by atoms with Crippen LogP contribution in [0.15, 0.2) is 44.2 Å². The van der Waals surface area contributed by atoms with Gasteiger partial charge in [0.1, 0.15) is 0 Å². The summed E-state index contributed by atoms with van der Waals surface area (Å²) < 4.78 is 36.2. The highest BCUT2D eigenvalue weighted by atomic mass is 32.2. The van der Waals surface area contributed by atoms with Gasteiger partial charge in [-0.2, -0.15) is 4.31 Å². The maximum atomic E-state index is 12.7. The summed E-state index contributed by atoms with van der Waals surface area (Å²) in [7, 11) is -3.54. The monoisotopic (exact) mass is 411 g/mol. The highest BCUT2D eigenvalue weighted by Crippen LogP contribution is 2.27. The Hall–Kier alpha value is -1.82. The topological polar surface area (TPSA) is 102 Å². The van der Waals surface area contributed by atoms with Gasteiger partial charge >= 0.3 is 0 Å². The molecule has 2 heterocycles. The maximum absolute atomic E-state index is 12.7. The molecule has 0 saturated carbocycles. The van der Waals surface area contributed by atoms with Crippen LogP contribution in [0, 0.1) is 0 Å². The van der Waals surface area contributed by atoms with Crippen LogP contribution < -0.4 is 0 Å². The van der Waals surface area contributed by atoms with Crippen molar-refractivity contribution in [3.63, 3.8) is 0 Å². The molecular formula is C15H17N5O3S3. The number of nitrogens with zero attached hydrogens (tertiary/aromatic N) is 5. The summed E-state index contributed by atoms with van der Waals surface area (Å²) in [6, 6.07) is 6.54. The summed E-state index contributed by atoms with van der Waals surface area (Å²) in [6.07, 6.45) is 0. The summed E-state index contributed by atoms with van der Waals surface area (Å²) in [5, 5.41) is 14.2. The number of sulfonamides is 1. The Balaban J connectivity index is 1.80. The number of thioether (sulfide) groups is 1. The van der Waals surface area contributed by atoms with Gasteiger partial charge in [0, 0.05) is 29.8 Å². The standard InChI is InChI=1S/C15H17N5O3S3/c1-3-20(4-2)26(21,22)13-7-5-6-11(8-13)14-17-18-15(23-14)24-9-12-10-25-19-16-12/h5-8,10H,3-4,9H2,1-2H3. The molecule has 26 heavy (non-hydrogen) atoms. The molecule has 11 heteroatoms. The van der Waals surface area contributed by atoms with Gasteiger partial charge in [-0.3, -0.25) is 0 Å². The Morgan fingerprint density at radius 3 is 2.69 bits per heavy atom. The van der Waals surface area contributed by atoms with Crippen molar-refractivity contribution in [1.82, 2.24) is 24.1 Å². The van der Waals surface area contributed by atoms with Gasteiger partial charge in [0.15, 0.2) is 0 Å². The van der Waals surface area contributed by atoms with E-state index in [1.165, 1.54) is 27.6 Å². The number of rotatable bonds is 8. The zero-order valence-corrected chi connectivity index (χ0v) is 16.6. The summed E-state index contributed by atoms with van der Waals surface area (Å²) in [6.45, 7) is 4.44. The smallest absolute Gasteiger partial charge is 0.277 e. The third-order valence-electron chi connectivity index (χ3n) is 3.58. The second-order valence-electron chi connectivity index (χ2n) is 5.18. The molecule has 0 radical (unpaired) electrons. The molecular weight excluding hydrogens is 394 g/mol. The zero-order valence-electron chi connectivity index (χ0n) is 14.2. The molecule has 2 aromatic heterocycles. The maximum Gasteiger partial charge on any atom is 0.277 e. The molecule has 0 spiro atoms. The first-order valence-corrected chi connectivity index (χ1v) is 11.1. The molecule has 0 unspecified atom stereocenters. The van der Waals surface area contributed by atoms with E-state index >= 15 is 0 Å². The first kappa shape index (κ1) is 19.0. The minimum absolute atomic E-state index is 0.208. The lowest BCUT2D eigenvalue weighted by molar-refractivity contribution is 0.445. The van der Waals surface area contributed by atoms with Gasteiger partial charge in [-0.15, -0.1) is 15.3 Å². The van der Waals surface area contributed by atoms with Crippen LogP contribution in [0.4, 0.5) is 0 Å². The number of hydrogen-bond donors (Lipinski definition) is 0. The van der Waals surface area contributed by atoms with Crippen LogP contribution in [0.25, 0.3) is 11.5 Å². The molecule has 1 aromatic carbocycles. The lowest BCUT2D eigenvalue weighted by atomic mass is 10.2. The summed E-state index contributed by atoms with van der Waals surface area (Å²) in [5.74, 6) is 0.856. The van der Waals surface area contributed by atoms with Crippen LogP contribution in [-0.2, 0) is 15.8 Å².